The monoisotopic (exact) mass is 253 g/mol. The first-order valence-electron chi connectivity index (χ1n) is 5.48. The summed E-state index contributed by atoms with van der Waals surface area (Å²) in [7, 11) is 0. The summed E-state index contributed by atoms with van der Waals surface area (Å²) >= 11 is 6.05. The van der Waals surface area contributed by atoms with Crippen molar-refractivity contribution < 1.29 is 4.39 Å². The van der Waals surface area contributed by atoms with E-state index >= 15 is 0 Å². The highest BCUT2D eigenvalue weighted by Gasteiger charge is 2.10. The van der Waals surface area contributed by atoms with Gasteiger partial charge in [-0.15, -0.1) is 16.7 Å². The van der Waals surface area contributed by atoms with E-state index in [1.165, 1.54) is 6.07 Å². The fourth-order valence-electron chi connectivity index (χ4n) is 1.54. The van der Waals surface area contributed by atoms with Gasteiger partial charge in [0.05, 0.1) is 18.1 Å². The van der Waals surface area contributed by atoms with Gasteiger partial charge in [-0.3, -0.25) is 0 Å². The number of alkyl halides is 1. The van der Waals surface area contributed by atoms with Crippen LogP contribution in [0, 0.1) is 5.82 Å². The van der Waals surface area contributed by atoms with Crippen LogP contribution < -0.4 is 0 Å². The molecule has 0 N–H and O–H groups in total. The molecular formula is C12H13ClFN3. The average molecular weight is 254 g/mol. The second-order valence-electron chi connectivity index (χ2n) is 3.81. The number of rotatable bonds is 4. The molecule has 3 nitrogen and oxygen atoms in total. The van der Waals surface area contributed by atoms with Gasteiger partial charge in [0.15, 0.2) is 0 Å². The molecular weight excluding hydrogens is 241 g/mol. The van der Waals surface area contributed by atoms with Gasteiger partial charge in [0, 0.05) is 5.56 Å². The number of benzene rings is 1. The molecule has 90 valence electrons. The highest BCUT2D eigenvalue weighted by Crippen LogP contribution is 2.21. The molecule has 0 aliphatic carbocycles. The van der Waals surface area contributed by atoms with Gasteiger partial charge in [0.1, 0.15) is 11.5 Å². The van der Waals surface area contributed by atoms with E-state index in [-0.39, 0.29) is 11.2 Å². The molecule has 1 atom stereocenters. The fraction of sp³-hybridized carbons (Fsp3) is 0.333. The van der Waals surface area contributed by atoms with Crippen LogP contribution in [0.25, 0.3) is 0 Å². The van der Waals surface area contributed by atoms with E-state index in [2.05, 4.69) is 10.3 Å². The van der Waals surface area contributed by atoms with Gasteiger partial charge in [-0.2, -0.15) is 0 Å². The van der Waals surface area contributed by atoms with Crippen molar-refractivity contribution in [3.05, 3.63) is 47.5 Å². The number of hydrogen-bond donors (Lipinski definition) is 0. The lowest BCUT2D eigenvalue weighted by atomic mass is 10.2. The minimum absolute atomic E-state index is 0.135. The molecule has 17 heavy (non-hydrogen) atoms. The summed E-state index contributed by atoms with van der Waals surface area (Å²) < 4.78 is 15.0. The Hall–Kier alpha value is -1.42. The summed E-state index contributed by atoms with van der Waals surface area (Å²) in [5, 5.41) is 7.77. The molecule has 0 spiro atoms. The van der Waals surface area contributed by atoms with E-state index in [1.807, 2.05) is 6.92 Å². The third-order valence-corrected chi connectivity index (χ3v) is 3.06. The molecule has 0 amide bonds. The first kappa shape index (κ1) is 12.0. The second kappa shape index (κ2) is 5.27. The summed E-state index contributed by atoms with van der Waals surface area (Å²) in [5.74, 6) is -0.234. The van der Waals surface area contributed by atoms with Crippen LogP contribution >= 0.6 is 11.6 Å². The maximum absolute atomic E-state index is 13.4. The van der Waals surface area contributed by atoms with Crippen molar-refractivity contribution in [3.8, 4) is 0 Å². The second-order valence-corrected chi connectivity index (χ2v) is 4.34. The van der Waals surface area contributed by atoms with Crippen molar-refractivity contribution >= 4 is 11.6 Å². The fourth-order valence-corrected chi connectivity index (χ4v) is 1.64. The van der Waals surface area contributed by atoms with Gasteiger partial charge >= 0.3 is 0 Å². The smallest absolute Gasteiger partial charge is 0.128 e. The summed E-state index contributed by atoms with van der Waals surface area (Å²) in [5.41, 5.74) is 1.32. The molecule has 0 bridgehead atoms. The van der Waals surface area contributed by atoms with Crippen LogP contribution in [0.5, 0.6) is 0 Å². The Labute approximate surface area is 104 Å². The number of halogens is 2. The van der Waals surface area contributed by atoms with Crippen molar-refractivity contribution in [2.24, 2.45) is 0 Å². The van der Waals surface area contributed by atoms with E-state index in [1.54, 1.807) is 29.1 Å². The van der Waals surface area contributed by atoms with Gasteiger partial charge in [-0.25, -0.2) is 9.07 Å². The largest absolute Gasteiger partial charge is 0.248 e. The standard InChI is InChI=1S/C12H13ClFN3/c1-2-10(13)12-8-17(16-15-12)7-9-5-3-4-6-11(9)14/h3-6,8,10H,2,7H2,1H3. The molecule has 1 aromatic carbocycles. The number of nitrogens with zero attached hydrogens (tertiary/aromatic N) is 3. The maximum Gasteiger partial charge on any atom is 0.128 e. The molecule has 0 aliphatic rings. The molecule has 0 aliphatic heterocycles. The third-order valence-electron chi connectivity index (χ3n) is 2.53. The molecule has 2 rings (SSSR count). The van der Waals surface area contributed by atoms with Crippen LogP contribution in [0.2, 0.25) is 0 Å². The third kappa shape index (κ3) is 2.82. The Bertz CT molecular complexity index is 498. The van der Waals surface area contributed by atoms with Crippen LogP contribution in [-0.2, 0) is 6.54 Å². The minimum atomic E-state index is -0.234. The first-order valence-corrected chi connectivity index (χ1v) is 5.92. The molecule has 1 unspecified atom stereocenters. The highest BCUT2D eigenvalue weighted by molar-refractivity contribution is 6.20. The summed E-state index contributed by atoms with van der Waals surface area (Å²) in [6.45, 7) is 2.35. The maximum atomic E-state index is 13.4. The van der Waals surface area contributed by atoms with Gasteiger partial charge in [-0.05, 0) is 12.5 Å². The zero-order valence-corrected chi connectivity index (χ0v) is 10.2. The van der Waals surface area contributed by atoms with Crippen LogP contribution in [-0.4, -0.2) is 15.0 Å². The van der Waals surface area contributed by atoms with Crippen LogP contribution in [0.15, 0.2) is 30.5 Å². The molecule has 0 saturated heterocycles. The van der Waals surface area contributed by atoms with Gasteiger partial charge in [-0.1, -0.05) is 30.3 Å². The Morgan fingerprint density at radius 1 is 1.41 bits per heavy atom. The predicted molar refractivity (Wildman–Crippen MR) is 64.4 cm³/mol. The quantitative estimate of drug-likeness (QED) is 0.784. The first-order chi connectivity index (χ1) is 8.20. The SMILES string of the molecule is CCC(Cl)c1cn(Cc2ccccc2F)nn1. The van der Waals surface area contributed by atoms with Crippen LogP contribution in [0.1, 0.15) is 30.0 Å². The van der Waals surface area contributed by atoms with E-state index in [0.29, 0.717) is 12.1 Å². The Morgan fingerprint density at radius 2 is 2.18 bits per heavy atom. The molecule has 0 radical (unpaired) electrons. The molecule has 0 fully saturated rings. The zero-order chi connectivity index (χ0) is 12.3. The van der Waals surface area contributed by atoms with E-state index in [0.717, 1.165) is 12.1 Å². The van der Waals surface area contributed by atoms with Crippen molar-refractivity contribution in [3.63, 3.8) is 0 Å². The van der Waals surface area contributed by atoms with Gasteiger partial charge in [0.25, 0.3) is 0 Å². The van der Waals surface area contributed by atoms with E-state index in [9.17, 15) is 4.39 Å². The number of hydrogen-bond acceptors (Lipinski definition) is 2. The van der Waals surface area contributed by atoms with E-state index in [4.69, 9.17) is 11.6 Å². The van der Waals surface area contributed by atoms with Gasteiger partial charge < -0.3 is 0 Å². The summed E-state index contributed by atoms with van der Waals surface area (Å²) in [6.07, 6.45) is 2.55. The molecule has 5 heteroatoms. The normalized spacial score (nSPS) is 12.6. The van der Waals surface area contributed by atoms with E-state index < -0.39 is 0 Å². The molecule has 2 aromatic rings. The minimum Gasteiger partial charge on any atom is -0.248 e. The molecule has 1 aromatic heterocycles. The van der Waals surface area contributed by atoms with Crippen LogP contribution in [0.3, 0.4) is 0 Å². The molecule has 1 heterocycles. The van der Waals surface area contributed by atoms with Crippen molar-refractivity contribution in [2.75, 3.05) is 0 Å². The van der Waals surface area contributed by atoms with Crippen molar-refractivity contribution in [1.82, 2.24) is 15.0 Å². The van der Waals surface area contributed by atoms with Crippen molar-refractivity contribution in [1.29, 1.82) is 0 Å². The lowest BCUT2D eigenvalue weighted by Gasteiger charge is -2.02. The molecule has 0 saturated carbocycles. The Kier molecular flexibility index (Phi) is 3.74. The average Bonchev–Trinajstić information content (AvgIpc) is 2.80. The lowest BCUT2D eigenvalue weighted by molar-refractivity contribution is 0.577. The number of aromatic nitrogens is 3. The zero-order valence-electron chi connectivity index (χ0n) is 9.48. The predicted octanol–water partition coefficient (Wildman–Crippen LogP) is 3.16. The Balaban J connectivity index is 2.14. The topological polar surface area (TPSA) is 30.7 Å². The lowest BCUT2D eigenvalue weighted by Crippen LogP contribution is -2.02. The summed E-state index contributed by atoms with van der Waals surface area (Å²) in [6, 6.07) is 6.63. The van der Waals surface area contributed by atoms with Crippen LogP contribution in [0.4, 0.5) is 4.39 Å². The highest BCUT2D eigenvalue weighted by atomic mass is 35.5. The van der Waals surface area contributed by atoms with Gasteiger partial charge in [0.2, 0.25) is 0 Å². The van der Waals surface area contributed by atoms with Crippen molar-refractivity contribution in [2.45, 2.75) is 25.3 Å². The summed E-state index contributed by atoms with van der Waals surface area (Å²) in [4.78, 5) is 0. The Morgan fingerprint density at radius 3 is 2.88 bits per heavy atom.